The highest BCUT2D eigenvalue weighted by atomic mass is 16.5. The zero-order chi connectivity index (χ0) is 26.1. The van der Waals surface area contributed by atoms with Crippen LogP contribution < -0.4 is 10.5 Å². The fourth-order valence-electron chi connectivity index (χ4n) is 4.90. The van der Waals surface area contributed by atoms with Crippen LogP contribution in [-0.2, 0) is 11.3 Å². The van der Waals surface area contributed by atoms with Crippen molar-refractivity contribution in [1.29, 1.82) is 5.26 Å². The molecule has 1 aliphatic heterocycles. The van der Waals surface area contributed by atoms with Gasteiger partial charge in [-0.2, -0.15) is 10.4 Å². The van der Waals surface area contributed by atoms with E-state index in [0.29, 0.717) is 48.1 Å². The maximum atomic E-state index is 12.9. The number of nitriles is 1. The van der Waals surface area contributed by atoms with Crippen LogP contribution in [0.5, 0.6) is 11.5 Å². The van der Waals surface area contributed by atoms with Gasteiger partial charge < -0.3 is 15.4 Å². The third-order valence-electron chi connectivity index (χ3n) is 7.04. The summed E-state index contributed by atoms with van der Waals surface area (Å²) in [6.45, 7) is 1.78. The van der Waals surface area contributed by atoms with Crippen molar-refractivity contribution < 1.29 is 9.53 Å². The molecule has 2 fully saturated rings. The number of carbonyl (C=O) groups excluding carboxylic acids is 1. The standard InChI is InChI=1S/C29H27N7O2/c30-15-22(14-19-6-7-19)29(37)35-13-12-20(16-35)17-36-28-25(27(31)32-18-33-28)26(34-36)21-8-10-24(11-9-21)38-23-4-2-1-3-5-23/h1-5,8-11,14,18-20H,6-7,12-13,16-17H2,(H2,31,32,33)/b22-14-. The number of fused-ring (bicyclic) bond motifs is 1. The Hall–Kier alpha value is -4.71. The van der Waals surface area contributed by atoms with Crippen LogP contribution in [0, 0.1) is 23.2 Å². The first kappa shape index (κ1) is 23.7. The van der Waals surface area contributed by atoms with E-state index in [0.717, 1.165) is 36.3 Å². The average molecular weight is 506 g/mol. The molecule has 38 heavy (non-hydrogen) atoms. The fraction of sp³-hybridized carbons (Fsp3) is 0.276. The molecule has 2 N–H and O–H groups in total. The van der Waals surface area contributed by atoms with E-state index in [9.17, 15) is 10.1 Å². The number of likely N-dealkylation sites (tertiary alicyclic amines) is 1. The van der Waals surface area contributed by atoms with Gasteiger partial charge in [0.1, 0.15) is 41.0 Å². The average Bonchev–Trinajstić information content (AvgIpc) is 3.51. The molecule has 2 aliphatic rings. The summed E-state index contributed by atoms with van der Waals surface area (Å²) in [4.78, 5) is 23.4. The monoisotopic (exact) mass is 505 g/mol. The summed E-state index contributed by atoms with van der Waals surface area (Å²) in [5, 5.41) is 15.1. The van der Waals surface area contributed by atoms with Crippen LogP contribution in [-0.4, -0.2) is 43.6 Å². The molecule has 0 spiro atoms. The Kier molecular flexibility index (Phi) is 6.22. The lowest BCUT2D eigenvalue weighted by Gasteiger charge is -2.16. The van der Waals surface area contributed by atoms with Crippen molar-refractivity contribution in [2.24, 2.45) is 11.8 Å². The lowest BCUT2D eigenvalue weighted by Crippen LogP contribution is -2.30. The summed E-state index contributed by atoms with van der Waals surface area (Å²) in [6, 6.07) is 19.4. The number of benzene rings is 2. The topological polar surface area (TPSA) is 123 Å². The van der Waals surface area contributed by atoms with Gasteiger partial charge >= 0.3 is 0 Å². The van der Waals surface area contributed by atoms with Crippen LogP contribution in [0.2, 0.25) is 0 Å². The van der Waals surface area contributed by atoms with Gasteiger partial charge in [-0.3, -0.25) is 4.79 Å². The second-order valence-electron chi connectivity index (χ2n) is 9.86. The molecule has 9 heteroatoms. The molecule has 3 heterocycles. The van der Waals surface area contributed by atoms with Crippen molar-refractivity contribution in [3.05, 3.63) is 72.6 Å². The van der Waals surface area contributed by atoms with Crippen molar-refractivity contribution >= 4 is 22.8 Å². The number of nitrogens with two attached hydrogens (primary N) is 1. The number of nitrogen functional groups attached to an aromatic ring is 1. The van der Waals surface area contributed by atoms with Crippen LogP contribution in [0.3, 0.4) is 0 Å². The van der Waals surface area contributed by atoms with E-state index in [1.807, 2.05) is 65.4 Å². The first-order chi connectivity index (χ1) is 18.6. The third kappa shape index (κ3) is 4.81. The summed E-state index contributed by atoms with van der Waals surface area (Å²) in [5.41, 5.74) is 8.79. The second-order valence-corrected chi connectivity index (χ2v) is 9.86. The number of hydrogen-bond acceptors (Lipinski definition) is 7. The van der Waals surface area contributed by atoms with E-state index in [2.05, 4.69) is 16.0 Å². The number of anilines is 1. The maximum absolute atomic E-state index is 12.9. The predicted octanol–water partition coefficient (Wildman–Crippen LogP) is 4.58. The van der Waals surface area contributed by atoms with E-state index in [1.54, 1.807) is 4.90 Å². The Morgan fingerprint density at radius 2 is 1.84 bits per heavy atom. The summed E-state index contributed by atoms with van der Waals surface area (Å²) < 4.78 is 7.78. The minimum absolute atomic E-state index is 0.169. The summed E-state index contributed by atoms with van der Waals surface area (Å²) >= 11 is 0. The largest absolute Gasteiger partial charge is 0.457 e. The van der Waals surface area contributed by atoms with Crippen LogP contribution >= 0.6 is 0 Å². The molecule has 1 amide bonds. The minimum Gasteiger partial charge on any atom is -0.457 e. The molecule has 1 unspecified atom stereocenters. The summed E-state index contributed by atoms with van der Waals surface area (Å²) in [5.74, 6) is 2.25. The Balaban J connectivity index is 1.22. The smallest absolute Gasteiger partial charge is 0.264 e. The van der Waals surface area contributed by atoms with Gasteiger partial charge in [-0.15, -0.1) is 0 Å². The van der Waals surface area contributed by atoms with E-state index in [1.165, 1.54) is 6.33 Å². The van der Waals surface area contributed by atoms with Gasteiger partial charge in [0.15, 0.2) is 5.65 Å². The molecular formula is C29H27N7O2. The summed E-state index contributed by atoms with van der Waals surface area (Å²) in [6.07, 6.45) is 6.23. The zero-order valence-electron chi connectivity index (χ0n) is 20.8. The quantitative estimate of drug-likeness (QED) is 0.288. The lowest BCUT2D eigenvalue weighted by atomic mass is 10.1. The Morgan fingerprint density at radius 1 is 1.08 bits per heavy atom. The van der Waals surface area contributed by atoms with Crippen molar-refractivity contribution in [2.75, 3.05) is 18.8 Å². The second kappa shape index (κ2) is 9.98. The van der Waals surface area contributed by atoms with Crippen LogP contribution in [0.25, 0.3) is 22.3 Å². The molecule has 190 valence electrons. The SMILES string of the molecule is N#C/C(=C/C1CC1)C(=O)N1CCC(Cn2nc(-c3ccc(Oc4ccccc4)cc3)c3c(N)ncnc32)C1. The molecule has 2 aromatic heterocycles. The van der Waals surface area contributed by atoms with E-state index in [-0.39, 0.29) is 17.4 Å². The lowest BCUT2D eigenvalue weighted by molar-refractivity contribution is -0.125. The molecular weight excluding hydrogens is 478 g/mol. The molecule has 0 bridgehead atoms. The number of amides is 1. The highest BCUT2D eigenvalue weighted by Gasteiger charge is 2.31. The third-order valence-corrected chi connectivity index (χ3v) is 7.04. The van der Waals surface area contributed by atoms with Gasteiger partial charge in [-0.25, -0.2) is 14.6 Å². The molecule has 2 aromatic carbocycles. The highest BCUT2D eigenvalue weighted by Crippen LogP contribution is 2.34. The van der Waals surface area contributed by atoms with Crippen molar-refractivity contribution in [3.8, 4) is 28.8 Å². The molecule has 1 aliphatic carbocycles. The number of rotatable bonds is 7. The number of aromatic nitrogens is 4. The molecule has 1 saturated heterocycles. The first-order valence-corrected chi connectivity index (χ1v) is 12.8. The number of carbonyl (C=O) groups is 1. The fourth-order valence-corrected chi connectivity index (χ4v) is 4.90. The number of nitrogens with zero attached hydrogens (tertiary/aromatic N) is 6. The Bertz CT molecular complexity index is 1550. The van der Waals surface area contributed by atoms with Gasteiger partial charge in [0.05, 0.1) is 5.39 Å². The van der Waals surface area contributed by atoms with Crippen LogP contribution in [0.4, 0.5) is 5.82 Å². The van der Waals surface area contributed by atoms with Crippen LogP contribution in [0.15, 0.2) is 72.6 Å². The maximum Gasteiger partial charge on any atom is 0.264 e. The summed E-state index contributed by atoms with van der Waals surface area (Å²) in [7, 11) is 0. The van der Waals surface area contributed by atoms with E-state index >= 15 is 0 Å². The van der Waals surface area contributed by atoms with Crippen molar-refractivity contribution in [3.63, 3.8) is 0 Å². The van der Waals surface area contributed by atoms with Gasteiger partial charge in [-0.05, 0) is 67.5 Å². The van der Waals surface area contributed by atoms with E-state index in [4.69, 9.17) is 15.6 Å². The predicted molar refractivity (Wildman–Crippen MR) is 143 cm³/mol. The molecule has 9 nitrogen and oxygen atoms in total. The molecule has 1 atom stereocenters. The number of hydrogen-bond donors (Lipinski definition) is 1. The zero-order valence-corrected chi connectivity index (χ0v) is 20.8. The van der Waals surface area contributed by atoms with Gasteiger partial charge in [0.25, 0.3) is 5.91 Å². The molecule has 4 aromatic rings. The number of para-hydroxylation sites is 1. The van der Waals surface area contributed by atoms with Gasteiger partial charge in [0.2, 0.25) is 0 Å². The van der Waals surface area contributed by atoms with Crippen LogP contribution in [0.1, 0.15) is 19.3 Å². The normalized spacial score (nSPS) is 17.5. The number of ether oxygens (including phenoxy) is 1. The van der Waals surface area contributed by atoms with E-state index < -0.39 is 0 Å². The molecule has 0 radical (unpaired) electrons. The first-order valence-electron chi connectivity index (χ1n) is 12.8. The highest BCUT2D eigenvalue weighted by molar-refractivity contribution is 5.98. The minimum atomic E-state index is -0.169. The molecule has 6 rings (SSSR count). The van der Waals surface area contributed by atoms with Crippen molar-refractivity contribution in [2.45, 2.75) is 25.8 Å². The van der Waals surface area contributed by atoms with Crippen molar-refractivity contribution in [1.82, 2.24) is 24.6 Å². The van der Waals surface area contributed by atoms with Gasteiger partial charge in [-0.1, -0.05) is 24.3 Å². The number of allylic oxidation sites excluding steroid dienone is 1. The Labute approximate surface area is 220 Å². The molecule has 1 saturated carbocycles. The van der Waals surface area contributed by atoms with Gasteiger partial charge in [0, 0.05) is 25.2 Å². The Morgan fingerprint density at radius 3 is 2.58 bits per heavy atom.